The minimum atomic E-state index is -0.237. The number of aliphatic imine (C=N–C) groups is 1. The largest absolute Gasteiger partial charge is 0.304 e. The Morgan fingerprint density at radius 2 is 2.00 bits per heavy atom. The van der Waals surface area contributed by atoms with E-state index in [-0.39, 0.29) is 5.82 Å². The fourth-order valence-corrected chi connectivity index (χ4v) is 5.17. The number of benzene rings is 1. The van der Waals surface area contributed by atoms with Gasteiger partial charge >= 0.3 is 0 Å². The Bertz CT molecular complexity index is 1030. The first kappa shape index (κ1) is 23.6. The average molecular weight is 449 g/mol. The van der Waals surface area contributed by atoms with Crippen LogP contribution in [0.3, 0.4) is 0 Å². The summed E-state index contributed by atoms with van der Waals surface area (Å²) in [5, 5.41) is 4.70. The maximum atomic E-state index is 13.5. The lowest BCUT2D eigenvalue weighted by molar-refractivity contribution is 0.139. The quantitative estimate of drug-likeness (QED) is 0.469. The lowest BCUT2D eigenvalue weighted by Gasteiger charge is -2.37. The molecule has 2 heterocycles. The highest BCUT2D eigenvalue weighted by Crippen LogP contribution is 2.32. The third-order valence-electron chi connectivity index (χ3n) is 7.30. The minimum Gasteiger partial charge on any atom is -0.304 e. The molecule has 4 rings (SSSR count). The summed E-state index contributed by atoms with van der Waals surface area (Å²) in [4.78, 5) is 7.87. The van der Waals surface area contributed by atoms with Gasteiger partial charge in [-0.05, 0) is 95.3 Å². The van der Waals surface area contributed by atoms with Gasteiger partial charge in [-0.3, -0.25) is 4.99 Å². The van der Waals surface area contributed by atoms with Gasteiger partial charge in [0, 0.05) is 22.9 Å². The molecular weight excluding hydrogens is 411 g/mol. The monoisotopic (exact) mass is 448 g/mol. The van der Waals surface area contributed by atoms with Gasteiger partial charge in [-0.2, -0.15) is 5.10 Å². The molecule has 0 amide bonds. The lowest BCUT2D eigenvalue weighted by atomic mass is 9.84. The molecule has 0 bridgehead atoms. The third kappa shape index (κ3) is 5.19. The molecule has 3 unspecified atom stereocenters. The first-order valence-electron chi connectivity index (χ1n) is 12.5. The Hall–Kier alpha value is -2.53. The van der Waals surface area contributed by atoms with Crippen molar-refractivity contribution in [3.63, 3.8) is 0 Å². The van der Waals surface area contributed by atoms with Gasteiger partial charge in [-0.1, -0.05) is 26.0 Å². The Labute approximate surface area is 197 Å². The molecule has 1 aliphatic heterocycles. The maximum Gasteiger partial charge on any atom is 0.123 e. The molecule has 1 aromatic heterocycles. The van der Waals surface area contributed by atoms with E-state index < -0.39 is 0 Å². The zero-order valence-corrected chi connectivity index (χ0v) is 20.5. The molecule has 0 saturated carbocycles. The summed E-state index contributed by atoms with van der Waals surface area (Å²) in [5.74, 6) is 0.400. The summed E-state index contributed by atoms with van der Waals surface area (Å²) in [7, 11) is 2.23. The fourth-order valence-electron chi connectivity index (χ4n) is 5.17. The molecule has 33 heavy (non-hydrogen) atoms. The van der Waals surface area contributed by atoms with Gasteiger partial charge in [-0.25, -0.2) is 9.07 Å². The predicted octanol–water partition coefficient (Wildman–Crippen LogP) is 6.56. The predicted molar refractivity (Wildman–Crippen MR) is 136 cm³/mol. The van der Waals surface area contributed by atoms with Crippen molar-refractivity contribution in [3.8, 4) is 5.69 Å². The Morgan fingerprint density at radius 1 is 1.21 bits per heavy atom. The highest BCUT2D eigenvalue weighted by Gasteiger charge is 2.29. The summed E-state index contributed by atoms with van der Waals surface area (Å²) in [6.45, 7) is 7.98. The van der Waals surface area contributed by atoms with Crippen molar-refractivity contribution < 1.29 is 4.39 Å². The van der Waals surface area contributed by atoms with Crippen molar-refractivity contribution in [2.75, 3.05) is 13.6 Å². The van der Waals surface area contributed by atoms with Crippen molar-refractivity contribution in [3.05, 3.63) is 59.7 Å². The molecule has 5 heteroatoms. The number of piperidine rings is 1. The molecular formula is C28H37FN4. The molecule has 1 aromatic carbocycles. The average Bonchev–Trinajstić information content (AvgIpc) is 3.21. The van der Waals surface area contributed by atoms with Crippen molar-refractivity contribution in [2.24, 2.45) is 10.9 Å². The van der Waals surface area contributed by atoms with Crippen LogP contribution in [0.2, 0.25) is 0 Å². The number of likely N-dealkylation sites (tertiary alicyclic amines) is 1. The van der Waals surface area contributed by atoms with Crippen LogP contribution in [0.5, 0.6) is 0 Å². The highest BCUT2D eigenvalue weighted by atomic mass is 19.1. The summed E-state index contributed by atoms with van der Waals surface area (Å²) >= 11 is 0. The maximum absolute atomic E-state index is 13.5. The number of halogens is 1. The van der Waals surface area contributed by atoms with E-state index in [1.807, 2.05) is 10.9 Å². The number of rotatable bonds is 6. The van der Waals surface area contributed by atoms with Crippen molar-refractivity contribution in [1.29, 1.82) is 0 Å². The molecule has 1 aliphatic carbocycles. The van der Waals surface area contributed by atoms with Gasteiger partial charge in [0.15, 0.2) is 0 Å². The van der Waals surface area contributed by atoms with Crippen LogP contribution in [0.1, 0.15) is 70.6 Å². The van der Waals surface area contributed by atoms with Gasteiger partial charge in [-0.15, -0.1) is 0 Å². The summed E-state index contributed by atoms with van der Waals surface area (Å²) in [6.07, 6.45) is 15.0. The fraction of sp³-hybridized carbons (Fsp3) is 0.500. The second-order valence-corrected chi connectivity index (χ2v) is 9.45. The molecule has 3 atom stereocenters. The number of fused-ring (bicyclic) bond motifs is 1. The molecule has 2 aliphatic rings. The third-order valence-corrected chi connectivity index (χ3v) is 7.30. The van der Waals surface area contributed by atoms with E-state index in [4.69, 9.17) is 10.1 Å². The first-order chi connectivity index (χ1) is 16.0. The van der Waals surface area contributed by atoms with E-state index in [1.165, 1.54) is 36.3 Å². The Morgan fingerprint density at radius 3 is 2.70 bits per heavy atom. The normalized spacial score (nSPS) is 24.5. The van der Waals surface area contributed by atoms with E-state index in [0.29, 0.717) is 18.0 Å². The number of nitrogens with zero attached hydrogens (tertiary/aromatic N) is 4. The van der Waals surface area contributed by atoms with E-state index in [2.05, 4.69) is 50.9 Å². The van der Waals surface area contributed by atoms with Crippen LogP contribution in [-0.2, 0) is 0 Å². The second-order valence-electron chi connectivity index (χ2n) is 9.45. The van der Waals surface area contributed by atoms with Crippen molar-refractivity contribution in [2.45, 2.75) is 71.4 Å². The van der Waals surface area contributed by atoms with E-state index >= 15 is 0 Å². The van der Waals surface area contributed by atoms with Crippen LogP contribution < -0.4 is 0 Å². The zero-order valence-electron chi connectivity index (χ0n) is 20.5. The molecule has 2 aromatic rings. The first-order valence-corrected chi connectivity index (χ1v) is 12.5. The summed E-state index contributed by atoms with van der Waals surface area (Å²) in [6, 6.07) is 7.50. The standard InChI is InChI=1S/C28H37FN4/c1-5-26(21-16-17-32(4)20(3)18-21)31-27(6-2)24-10-8-7-9-11-28-25(24)19-30-33(28)23-14-12-22(29)13-15-23/h9-15,19-21,26H,5-8,16-18H2,1-4H3/b11-9?,24-10+,31-27?. The number of aromatic nitrogens is 2. The molecule has 1 saturated heterocycles. The van der Waals surface area contributed by atoms with E-state index in [9.17, 15) is 4.39 Å². The number of hydrogen-bond donors (Lipinski definition) is 0. The van der Waals surface area contributed by atoms with Gasteiger partial charge in [0.05, 0.1) is 23.6 Å². The number of hydrogen-bond acceptors (Lipinski definition) is 3. The zero-order chi connectivity index (χ0) is 23.4. The molecule has 0 spiro atoms. The summed E-state index contributed by atoms with van der Waals surface area (Å²) in [5.41, 5.74) is 5.41. The smallest absolute Gasteiger partial charge is 0.123 e. The van der Waals surface area contributed by atoms with Crippen LogP contribution in [0, 0.1) is 11.7 Å². The molecule has 4 nitrogen and oxygen atoms in total. The van der Waals surface area contributed by atoms with Crippen LogP contribution in [0.15, 0.2) is 47.6 Å². The van der Waals surface area contributed by atoms with Crippen LogP contribution in [0.25, 0.3) is 17.3 Å². The molecule has 1 fully saturated rings. The second kappa shape index (κ2) is 10.6. The van der Waals surface area contributed by atoms with Crippen LogP contribution in [-0.4, -0.2) is 46.1 Å². The Balaban J connectivity index is 1.70. The minimum absolute atomic E-state index is 0.237. The van der Waals surface area contributed by atoms with E-state index in [0.717, 1.165) is 49.2 Å². The molecule has 0 N–H and O–H groups in total. The molecule has 0 radical (unpaired) electrons. The Kier molecular flexibility index (Phi) is 7.59. The van der Waals surface area contributed by atoms with Gasteiger partial charge < -0.3 is 4.90 Å². The summed E-state index contributed by atoms with van der Waals surface area (Å²) < 4.78 is 15.4. The van der Waals surface area contributed by atoms with Gasteiger partial charge in [0.25, 0.3) is 0 Å². The van der Waals surface area contributed by atoms with Crippen molar-refractivity contribution in [1.82, 2.24) is 14.7 Å². The van der Waals surface area contributed by atoms with Gasteiger partial charge in [0.2, 0.25) is 0 Å². The number of allylic oxidation sites excluding steroid dienone is 3. The molecule has 176 valence electrons. The van der Waals surface area contributed by atoms with Crippen LogP contribution in [0.4, 0.5) is 4.39 Å². The highest BCUT2D eigenvalue weighted by molar-refractivity contribution is 6.24. The van der Waals surface area contributed by atoms with E-state index in [1.54, 1.807) is 12.1 Å². The lowest BCUT2D eigenvalue weighted by Crippen LogP contribution is -2.41. The van der Waals surface area contributed by atoms with Gasteiger partial charge in [0.1, 0.15) is 5.82 Å². The van der Waals surface area contributed by atoms with Crippen molar-refractivity contribution >= 4 is 17.4 Å². The SMILES string of the molecule is CCC(=NC(CC)C1CCN(C)C(C)C1)/C1=C/CCC=Cc2c1cnn2-c1ccc(F)cc1. The topological polar surface area (TPSA) is 33.4 Å². The van der Waals surface area contributed by atoms with Crippen LogP contribution >= 0.6 is 0 Å².